The number of hydrogen-bond acceptors (Lipinski definition) is 9. The Morgan fingerprint density at radius 3 is 2.47 bits per heavy atom. The highest BCUT2D eigenvalue weighted by Gasteiger charge is 2.30. The summed E-state index contributed by atoms with van der Waals surface area (Å²) in [6, 6.07) is -0.612. The minimum absolute atomic E-state index is 0.0483. The van der Waals surface area contributed by atoms with E-state index in [9.17, 15) is 19.5 Å². The van der Waals surface area contributed by atoms with Crippen LogP contribution in [0.5, 0.6) is 0 Å². The lowest BCUT2D eigenvalue weighted by Gasteiger charge is -2.25. The van der Waals surface area contributed by atoms with E-state index in [-0.39, 0.29) is 25.1 Å². The Morgan fingerprint density at radius 2 is 1.81 bits per heavy atom. The van der Waals surface area contributed by atoms with Gasteiger partial charge in [0, 0.05) is 33.4 Å². The van der Waals surface area contributed by atoms with Crippen LogP contribution in [0, 0.1) is 0 Å². The number of methoxy groups -OCH3 is 2. The van der Waals surface area contributed by atoms with E-state index in [1.807, 2.05) is 4.90 Å². The van der Waals surface area contributed by atoms with Crippen molar-refractivity contribution in [1.29, 1.82) is 0 Å². The van der Waals surface area contributed by atoms with E-state index in [1.165, 1.54) is 7.11 Å². The summed E-state index contributed by atoms with van der Waals surface area (Å²) in [6.07, 6.45) is 3.84. The molecule has 2 atom stereocenters. The zero-order chi connectivity index (χ0) is 23.6. The average Bonchev–Trinajstić information content (AvgIpc) is 3.25. The van der Waals surface area contributed by atoms with Gasteiger partial charge in [-0.25, -0.2) is 9.59 Å². The number of carboxylic acid groups (broad SMARTS) is 1. The molecule has 0 aromatic rings. The Labute approximate surface area is 189 Å². The van der Waals surface area contributed by atoms with Gasteiger partial charge in [-0.15, -0.1) is 0 Å². The zero-order valence-electron chi connectivity index (χ0n) is 19.1. The Kier molecular flexibility index (Phi) is 14.9. The standard InChI is InChI=1S/C21H37N3O8/c1-29-12-14-31-19(16-25)22-9-4-3-6-17(23-21(28)32-15-13-30-2)8-11-24-10-5-7-18(24)20(26)27/h17-18,22H,3-15H2,1-2H3,(H,23,28)(H,26,27)/t17?,18-/m0/s1. The predicted octanol–water partition coefficient (Wildman–Crippen LogP) is 0.763. The second-order valence-corrected chi connectivity index (χ2v) is 7.49. The van der Waals surface area contributed by atoms with Crippen molar-refractivity contribution in [2.75, 3.05) is 60.3 Å². The van der Waals surface area contributed by atoms with Crippen molar-refractivity contribution in [2.24, 2.45) is 0 Å². The third-order valence-electron chi connectivity index (χ3n) is 5.15. The molecule has 1 rings (SSSR count). The lowest BCUT2D eigenvalue weighted by Crippen LogP contribution is -2.41. The van der Waals surface area contributed by atoms with E-state index in [0.29, 0.717) is 45.6 Å². The van der Waals surface area contributed by atoms with E-state index in [1.54, 1.807) is 13.1 Å². The first-order valence-electron chi connectivity index (χ1n) is 11.0. The van der Waals surface area contributed by atoms with Crippen molar-refractivity contribution in [1.82, 2.24) is 15.5 Å². The molecule has 11 nitrogen and oxygen atoms in total. The number of hydrogen-bond donors (Lipinski definition) is 3. The van der Waals surface area contributed by atoms with Crippen LogP contribution in [0.3, 0.4) is 0 Å². The van der Waals surface area contributed by atoms with Crippen molar-refractivity contribution in [2.45, 2.75) is 50.6 Å². The maximum absolute atomic E-state index is 12.1. The normalized spacial score (nSPS) is 16.8. The summed E-state index contributed by atoms with van der Waals surface area (Å²) >= 11 is 0. The van der Waals surface area contributed by atoms with Gasteiger partial charge in [0.15, 0.2) is 5.94 Å². The first-order chi connectivity index (χ1) is 15.5. The molecule has 0 aliphatic carbocycles. The number of nitrogens with one attached hydrogen (secondary N) is 2. The number of nitrogens with zero attached hydrogens (tertiary/aromatic N) is 1. The van der Waals surface area contributed by atoms with Crippen molar-refractivity contribution >= 4 is 18.0 Å². The van der Waals surface area contributed by atoms with Crippen LogP contribution in [0.4, 0.5) is 4.79 Å². The summed E-state index contributed by atoms with van der Waals surface area (Å²) in [5.74, 6) is 0.963. The number of carbonyl (C=O) groups is 2. The number of likely N-dealkylation sites (tertiary alicyclic amines) is 1. The lowest BCUT2D eigenvalue weighted by atomic mass is 10.1. The first-order valence-corrected chi connectivity index (χ1v) is 11.0. The van der Waals surface area contributed by atoms with Crippen LogP contribution in [0.1, 0.15) is 38.5 Å². The predicted molar refractivity (Wildman–Crippen MR) is 116 cm³/mol. The molecular formula is C21H37N3O8. The summed E-state index contributed by atoms with van der Waals surface area (Å²) in [5, 5.41) is 15.1. The molecular weight excluding hydrogens is 422 g/mol. The smallest absolute Gasteiger partial charge is 0.407 e. The van der Waals surface area contributed by atoms with E-state index in [2.05, 4.69) is 10.6 Å². The molecule has 184 valence electrons. The number of alkyl carbamates (subject to hydrolysis) is 1. The molecule has 1 aliphatic heterocycles. The Hall–Kier alpha value is -2.33. The third-order valence-corrected chi connectivity index (χ3v) is 5.15. The van der Waals surface area contributed by atoms with Crippen LogP contribution < -0.4 is 10.6 Å². The van der Waals surface area contributed by atoms with Crippen LogP contribution >= 0.6 is 0 Å². The van der Waals surface area contributed by atoms with Crippen molar-refractivity contribution < 1.29 is 38.4 Å². The number of carboxylic acids is 1. The van der Waals surface area contributed by atoms with E-state index in [0.717, 1.165) is 25.8 Å². The lowest BCUT2D eigenvalue weighted by molar-refractivity contribution is -0.142. The number of ether oxygens (including phenoxy) is 4. The molecule has 0 aromatic heterocycles. The molecule has 3 N–H and O–H groups in total. The topological polar surface area (TPSA) is 136 Å². The molecule has 1 amide bonds. The molecule has 32 heavy (non-hydrogen) atoms. The molecule has 1 unspecified atom stereocenters. The second kappa shape index (κ2) is 17.3. The van der Waals surface area contributed by atoms with Gasteiger partial charge in [-0.05, 0) is 45.1 Å². The minimum atomic E-state index is -0.802. The van der Waals surface area contributed by atoms with Gasteiger partial charge in [0.25, 0.3) is 5.88 Å². The Bertz CT molecular complexity index is 598. The summed E-state index contributed by atoms with van der Waals surface area (Å²) < 4.78 is 20.0. The largest absolute Gasteiger partial charge is 0.480 e. The van der Waals surface area contributed by atoms with Gasteiger partial charge in [0.2, 0.25) is 0 Å². The van der Waals surface area contributed by atoms with E-state index >= 15 is 0 Å². The van der Waals surface area contributed by atoms with Crippen LogP contribution in [-0.2, 0) is 28.5 Å². The molecule has 0 radical (unpaired) electrons. The monoisotopic (exact) mass is 459 g/mol. The summed E-state index contributed by atoms with van der Waals surface area (Å²) in [5.41, 5.74) is 0. The molecule has 1 saturated heterocycles. The van der Waals surface area contributed by atoms with E-state index < -0.39 is 18.1 Å². The highest BCUT2D eigenvalue weighted by Crippen LogP contribution is 2.18. The average molecular weight is 460 g/mol. The van der Waals surface area contributed by atoms with Crippen molar-refractivity contribution in [3.8, 4) is 0 Å². The van der Waals surface area contributed by atoms with Crippen LogP contribution in [0.15, 0.2) is 5.88 Å². The number of amides is 1. The molecule has 0 spiro atoms. The number of aliphatic carboxylic acids is 1. The summed E-state index contributed by atoms with van der Waals surface area (Å²) in [7, 11) is 3.07. The van der Waals surface area contributed by atoms with Crippen LogP contribution in [0.2, 0.25) is 0 Å². The summed E-state index contributed by atoms with van der Waals surface area (Å²) in [6.45, 7) is 2.97. The van der Waals surface area contributed by atoms with Gasteiger partial charge < -0.3 is 34.7 Å². The Balaban J connectivity index is 2.43. The van der Waals surface area contributed by atoms with Crippen molar-refractivity contribution in [3.63, 3.8) is 0 Å². The molecule has 1 heterocycles. The van der Waals surface area contributed by atoms with Gasteiger partial charge in [0.1, 0.15) is 19.3 Å². The van der Waals surface area contributed by atoms with Gasteiger partial charge in [-0.1, -0.05) is 0 Å². The first kappa shape index (κ1) is 27.7. The van der Waals surface area contributed by atoms with Crippen LogP contribution in [-0.4, -0.2) is 100 Å². The zero-order valence-corrected chi connectivity index (χ0v) is 19.1. The highest BCUT2D eigenvalue weighted by atomic mass is 16.6. The highest BCUT2D eigenvalue weighted by molar-refractivity contribution is 5.73. The van der Waals surface area contributed by atoms with Gasteiger partial charge in [-0.3, -0.25) is 9.69 Å². The maximum Gasteiger partial charge on any atom is 0.407 e. The Morgan fingerprint density at radius 1 is 1.09 bits per heavy atom. The minimum Gasteiger partial charge on any atom is -0.480 e. The molecule has 1 aliphatic rings. The molecule has 11 heteroatoms. The SMILES string of the molecule is COCCOC(=O)NC(CCCCNC(=C=O)OCCOC)CCN1CCC[C@H]1C(=O)O. The van der Waals surface area contributed by atoms with Gasteiger partial charge in [-0.2, -0.15) is 0 Å². The van der Waals surface area contributed by atoms with E-state index in [4.69, 9.17) is 18.9 Å². The fourth-order valence-corrected chi connectivity index (χ4v) is 3.47. The number of carbonyl (C=O) groups excluding carboxylic acids is 2. The number of rotatable bonds is 18. The fraction of sp³-hybridized carbons (Fsp3) is 0.810. The van der Waals surface area contributed by atoms with Gasteiger partial charge >= 0.3 is 12.1 Å². The van der Waals surface area contributed by atoms with Crippen molar-refractivity contribution in [3.05, 3.63) is 5.88 Å². The molecule has 0 aromatic carbocycles. The summed E-state index contributed by atoms with van der Waals surface area (Å²) in [4.78, 5) is 36.3. The fourth-order valence-electron chi connectivity index (χ4n) is 3.47. The van der Waals surface area contributed by atoms with Gasteiger partial charge in [0.05, 0.1) is 13.2 Å². The quantitative estimate of drug-likeness (QED) is 0.153. The second-order valence-electron chi connectivity index (χ2n) is 7.49. The third kappa shape index (κ3) is 11.9. The van der Waals surface area contributed by atoms with Crippen LogP contribution in [0.25, 0.3) is 0 Å². The molecule has 1 fully saturated rings. The maximum atomic E-state index is 12.1. The molecule has 0 saturated carbocycles. The number of unbranched alkanes of at least 4 members (excludes halogenated alkanes) is 1. The molecule has 0 bridgehead atoms.